The minimum atomic E-state index is -3.60. The number of benzene rings is 1. The molecule has 1 aromatic carbocycles. The fourth-order valence-electron chi connectivity index (χ4n) is 1.56. The second-order valence-electron chi connectivity index (χ2n) is 3.40. The van der Waals surface area contributed by atoms with Crippen LogP contribution in [0.4, 0.5) is 0 Å². The van der Waals surface area contributed by atoms with E-state index in [1.165, 1.54) is 0 Å². The highest BCUT2D eigenvalue weighted by molar-refractivity contribution is 7.88. The molecule has 0 fully saturated rings. The van der Waals surface area contributed by atoms with Crippen LogP contribution in [0, 0.1) is 6.92 Å². The lowest BCUT2D eigenvalue weighted by atomic mass is 10.0. The van der Waals surface area contributed by atoms with E-state index >= 15 is 0 Å². The van der Waals surface area contributed by atoms with Crippen molar-refractivity contribution in [1.29, 1.82) is 0 Å². The van der Waals surface area contributed by atoms with Gasteiger partial charge in [0.25, 0.3) is 0 Å². The summed E-state index contributed by atoms with van der Waals surface area (Å²) in [4.78, 5) is 0. The van der Waals surface area contributed by atoms with Crippen LogP contribution in [0.3, 0.4) is 0 Å². The van der Waals surface area contributed by atoms with Crippen molar-refractivity contribution >= 4 is 16.0 Å². The molecule has 1 aliphatic rings. The standard InChI is InChI=1S/C9H11N3O2S/c1-6-4-2-3-5-7(6)8-9(10)12-15(13,14)11-8/h2-5,8,11H,1H3,(H2,10,12)/t8-/m1/s1. The van der Waals surface area contributed by atoms with Gasteiger partial charge in [0.2, 0.25) is 0 Å². The predicted molar refractivity (Wildman–Crippen MR) is 57.6 cm³/mol. The Morgan fingerprint density at radius 3 is 2.60 bits per heavy atom. The van der Waals surface area contributed by atoms with Crippen molar-refractivity contribution in [1.82, 2.24) is 4.72 Å². The molecule has 1 aliphatic heterocycles. The lowest BCUT2D eigenvalue weighted by Crippen LogP contribution is -2.28. The number of nitrogens with one attached hydrogen (secondary N) is 1. The highest BCUT2D eigenvalue weighted by Gasteiger charge is 2.30. The second-order valence-corrected chi connectivity index (χ2v) is 4.77. The van der Waals surface area contributed by atoms with E-state index < -0.39 is 16.3 Å². The maximum Gasteiger partial charge on any atom is 0.322 e. The van der Waals surface area contributed by atoms with Gasteiger partial charge in [-0.25, -0.2) is 0 Å². The molecule has 6 heteroatoms. The fourth-order valence-corrected chi connectivity index (χ4v) is 2.54. The average Bonchev–Trinajstić information content (AvgIpc) is 2.40. The highest BCUT2D eigenvalue weighted by Crippen LogP contribution is 2.22. The average molecular weight is 225 g/mol. The van der Waals surface area contributed by atoms with Crippen LogP contribution in [0.25, 0.3) is 0 Å². The van der Waals surface area contributed by atoms with Crippen LogP contribution in [0.2, 0.25) is 0 Å². The number of hydrogen-bond donors (Lipinski definition) is 2. The molecule has 15 heavy (non-hydrogen) atoms. The number of rotatable bonds is 1. The molecule has 80 valence electrons. The van der Waals surface area contributed by atoms with Crippen LogP contribution in [0.1, 0.15) is 17.2 Å². The molecule has 0 aliphatic carbocycles. The fraction of sp³-hybridized carbons (Fsp3) is 0.222. The van der Waals surface area contributed by atoms with Crippen LogP contribution in [-0.2, 0) is 10.2 Å². The van der Waals surface area contributed by atoms with E-state index in [9.17, 15) is 8.42 Å². The lowest BCUT2D eigenvalue weighted by molar-refractivity contribution is 0.585. The van der Waals surface area contributed by atoms with Gasteiger partial charge in [0, 0.05) is 0 Å². The normalized spacial score (nSPS) is 23.8. The molecule has 0 saturated heterocycles. The first kappa shape index (κ1) is 10.1. The van der Waals surface area contributed by atoms with E-state index in [0.717, 1.165) is 11.1 Å². The van der Waals surface area contributed by atoms with Crippen LogP contribution >= 0.6 is 0 Å². The molecule has 0 bridgehead atoms. The van der Waals surface area contributed by atoms with Gasteiger partial charge in [0.05, 0.1) is 0 Å². The molecule has 0 unspecified atom stereocenters. The summed E-state index contributed by atoms with van der Waals surface area (Å²) in [5, 5.41) is 0. The third-order valence-corrected chi connectivity index (χ3v) is 3.27. The largest absolute Gasteiger partial charge is 0.385 e. The Labute approximate surface area is 88.2 Å². The molecule has 0 aromatic heterocycles. The van der Waals surface area contributed by atoms with Crippen LogP contribution in [0.5, 0.6) is 0 Å². The lowest BCUT2D eigenvalue weighted by Gasteiger charge is -2.12. The Kier molecular flexibility index (Phi) is 2.24. The third kappa shape index (κ3) is 1.86. The van der Waals surface area contributed by atoms with E-state index in [1.807, 2.05) is 31.2 Å². The number of aryl methyl sites for hydroxylation is 1. The molecule has 0 amide bonds. The first-order valence-corrected chi connectivity index (χ1v) is 5.87. The van der Waals surface area contributed by atoms with E-state index in [2.05, 4.69) is 9.12 Å². The Bertz CT molecular complexity index is 522. The maximum absolute atomic E-state index is 11.2. The number of hydrogen-bond acceptors (Lipinski definition) is 3. The summed E-state index contributed by atoms with van der Waals surface area (Å²) in [6.07, 6.45) is 0. The van der Waals surface area contributed by atoms with Gasteiger partial charge < -0.3 is 5.73 Å². The van der Waals surface area contributed by atoms with Crippen molar-refractivity contribution in [2.24, 2.45) is 10.1 Å². The molecule has 0 saturated carbocycles. The molecule has 1 heterocycles. The number of nitrogens with zero attached hydrogens (tertiary/aromatic N) is 1. The van der Waals surface area contributed by atoms with Gasteiger partial charge >= 0.3 is 10.2 Å². The zero-order chi connectivity index (χ0) is 11.1. The van der Waals surface area contributed by atoms with E-state index in [4.69, 9.17) is 5.73 Å². The van der Waals surface area contributed by atoms with Crippen molar-refractivity contribution in [2.75, 3.05) is 0 Å². The summed E-state index contributed by atoms with van der Waals surface area (Å²) in [7, 11) is -3.60. The predicted octanol–water partition coefficient (Wildman–Crippen LogP) is 0.241. The summed E-state index contributed by atoms with van der Waals surface area (Å²) >= 11 is 0. The molecule has 1 atom stereocenters. The molecule has 2 rings (SSSR count). The van der Waals surface area contributed by atoms with E-state index in [-0.39, 0.29) is 5.84 Å². The maximum atomic E-state index is 11.2. The molecular weight excluding hydrogens is 214 g/mol. The van der Waals surface area contributed by atoms with Gasteiger partial charge in [0.15, 0.2) is 0 Å². The van der Waals surface area contributed by atoms with Gasteiger partial charge in [-0.2, -0.15) is 13.1 Å². The SMILES string of the molecule is Cc1ccccc1[C@H]1NS(=O)(=O)N=C1N. The summed E-state index contributed by atoms with van der Waals surface area (Å²) < 4.78 is 28.1. The van der Waals surface area contributed by atoms with Crippen molar-refractivity contribution in [3.63, 3.8) is 0 Å². The Balaban J connectivity index is 2.44. The Morgan fingerprint density at radius 2 is 2.07 bits per heavy atom. The second kappa shape index (κ2) is 3.32. The Hall–Kier alpha value is -1.40. The number of amidine groups is 1. The first-order chi connectivity index (χ1) is 6.99. The zero-order valence-electron chi connectivity index (χ0n) is 8.14. The molecular formula is C9H11N3O2S. The van der Waals surface area contributed by atoms with Crippen LogP contribution < -0.4 is 10.5 Å². The van der Waals surface area contributed by atoms with Crippen LogP contribution in [-0.4, -0.2) is 14.3 Å². The van der Waals surface area contributed by atoms with Crippen LogP contribution in [0.15, 0.2) is 28.7 Å². The van der Waals surface area contributed by atoms with E-state index in [0.29, 0.717) is 0 Å². The Morgan fingerprint density at radius 1 is 1.40 bits per heavy atom. The molecule has 0 radical (unpaired) electrons. The van der Waals surface area contributed by atoms with Crippen molar-refractivity contribution in [3.8, 4) is 0 Å². The number of nitrogens with two attached hydrogens (primary N) is 1. The first-order valence-electron chi connectivity index (χ1n) is 4.43. The minimum Gasteiger partial charge on any atom is -0.385 e. The van der Waals surface area contributed by atoms with Gasteiger partial charge in [-0.3, -0.25) is 0 Å². The zero-order valence-corrected chi connectivity index (χ0v) is 8.95. The van der Waals surface area contributed by atoms with Gasteiger partial charge in [-0.1, -0.05) is 24.3 Å². The summed E-state index contributed by atoms with van der Waals surface area (Å²) in [5.41, 5.74) is 7.37. The topological polar surface area (TPSA) is 84.5 Å². The molecule has 5 nitrogen and oxygen atoms in total. The van der Waals surface area contributed by atoms with Gasteiger partial charge in [-0.05, 0) is 18.1 Å². The summed E-state index contributed by atoms with van der Waals surface area (Å²) in [6.45, 7) is 1.90. The molecule has 1 aromatic rings. The molecule has 0 spiro atoms. The smallest absolute Gasteiger partial charge is 0.322 e. The minimum absolute atomic E-state index is 0.0873. The quantitative estimate of drug-likeness (QED) is 0.718. The van der Waals surface area contributed by atoms with E-state index in [1.54, 1.807) is 0 Å². The van der Waals surface area contributed by atoms with Gasteiger partial charge in [0.1, 0.15) is 11.9 Å². The van der Waals surface area contributed by atoms with Crippen molar-refractivity contribution in [2.45, 2.75) is 13.0 Å². The monoisotopic (exact) mass is 225 g/mol. The summed E-state index contributed by atoms with van der Waals surface area (Å²) in [5.74, 6) is 0.0873. The van der Waals surface area contributed by atoms with Gasteiger partial charge in [-0.15, -0.1) is 4.40 Å². The van der Waals surface area contributed by atoms with Crippen molar-refractivity contribution < 1.29 is 8.42 Å². The molecule has 3 N–H and O–H groups in total. The highest BCUT2D eigenvalue weighted by atomic mass is 32.2. The third-order valence-electron chi connectivity index (χ3n) is 2.29. The van der Waals surface area contributed by atoms with Crippen molar-refractivity contribution in [3.05, 3.63) is 35.4 Å². The summed E-state index contributed by atoms with van der Waals surface area (Å²) in [6, 6.07) is 6.92.